The van der Waals surface area contributed by atoms with Crippen LogP contribution >= 0.6 is 0 Å². The highest BCUT2D eigenvalue weighted by molar-refractivity contribution is 6.01. The van der Waals surface area contributed by atoms with E-state index in [2.05, 4.69) is 34.8 Å². The molecule has 1 aromatic heterocycles. The topological polar surface area (TPSA) is 81.1 Å². The minimum Gasteiger partial charge on any atom is -0.487 e. The van der Waals surface area contributed by atoms with Gasteiger partial charge in [-0.3, -0.25) is 4.79 Å². The zero-order valence-electron chi connectivity index (χ0n) is 21.9. The lowest BCUT2D eigenvalue weighted by Crippen LogP contribution is -2.31. The summed E-state index contributed by atoms with van der Waals surface area (Å²) < 4.78 is 21.2. The lowest BCUT2D eigenvalue weighted by atomic mass is 9.73. The summed E-state index contributed by atoms with van der Waals surface area (Å²) in [6, 6.07) is 21.8. The number of carbonyl (C=O) groups excluding carboxylic acids is 1. The van der Waals surface area contributed by atoms with E-state index < -0.39 is 0 Å². The highest BCUT2D eigenvalue weighted by Gasteiger charge is 2.39. The van der Waals surface area contributed by atoms with Gasteiger partial charge in [0.25, 0.3) is 0 Å². The zero-order chi connectivity index (χ0) is 27.0. The normalized spacial score (nSPS) is 17.9. The van der Waals surface area contributed by atoms with Crippen molar-refractivity contribution < 1.29 is 13.9 Å². The van der Waals surface area contributed by atoms with E-state index in [1.807, 2.05) is 54.7 Å². The van der Waals surface area contributed by atoms with Crippen LogP contribution in [0.4, 0.5) is 15.8 Å². The summed E-state index contributed by atoms with van der Waals surface area (Å²) in [5.74, 6) is 0.540. The minimum atomic E-state index is -0.370. The molecule has 0 fully saturated rings. The molecule has 2 N–H and O–H groups in total. The first-order valence-electron chi connectivity index (χ1n) is 13.1. The van der Waals surface area contributed by atoms with Crippen molar-refractivity contribution in [2.24, 2.45) is 5.41 Å². The Morgan fingerprint density at radius 3 is 2.56 bits per heavy atom. The maximum absolute atomic E-state index is 13.6. The number of hydrogen-bond acceptors (Lipinski definition) is 6. The van der Waals surface area contributed by atoms with E-state index in [4.69, 9.17) is 4.74 Å². The van der Waals surface area contributed by atoms with Crippen LogP contribution in [0.15, 0.2) is 90.3 Å². The summed E-state index contributed by atoms with van der Waals surface area (Å²) >= 11 is 0. The molecule has 198 valence electrons. The molecule has 0 spiro atoms. The first-order chi connectivity index (χ1) is 18.8. The number of ketones is 1. The zero-order valence-corrected chi connectivity index (χ0v) is 21.9. The number of para-hydroxylation sites is 3. The molecule has 6 rings (SSSR count). The number of nitrogens with one attached hydrogen (secondary N) is 2. The SMILES string of the molecule is CC1(C)CC(=O)C2=C(C1)Nc1ccccc1NC2c1ccccc1OCc1cn(Cc2ccc(F)cc2)nn1. The van der Waals surface area contributed by atoms with E-state index in [1.54, 1.807) is 16.8 Å². The summed E-state index contributed by atoms with van der Waals surface area (Å²) in [7, 11) is 0. The fourth-order valence-corrected chi connectivity index (χ4v) is 5.38. The Labute approximate surface area is 226 Å². The third kappa shape index (κ3) is 5.27. The molecule has 0 saturated heterocycles. The van der Waals surface area contributed by atoms with Crippen molar-refractivity contribution in [3.63, 3.8) is 0 Å². The third-order valence-corrected chi connectivity index (χ3v) is 7.17. The number of Topliss-reactive ketones (excluding diaryl/α,β-unsaturated/α-hetero) is 1. The number of benzene rings is 3. The number of hydrogen-bond donors (Lipinski definition) is 2. The number of aromatic nitrogens is 3. The number of halogens is 1. The van der Waals surface area contributed by atoms with Gasteiger partial charge in [0.05, 0.1) is 30.2 Å². The van der Waals surface area contributed by atoms with Gasteiger partial charge in [-0.1, -0.05) is 61.5 Å². The fraction of sp³-hybridized carbons (Fsp3) is 0.258. The molecule has 1 atom stereocenters. The summed E-state index contributed by atoms with van der Waals surface area (Å²) in [6.45, 7) is 4.97. The monoisotopic (exact) mass is 523 g/mol. The van der Waals surface area contributed by atoms with Gasteiger partial charge in [0, 0.05) is 23.3 Å². The van der Waals surface area contributed by atoms with Gasteiger partial charge in [-0.2, -0.15) is 0 Å². The number of allylic oxidation sites excluding steroid dienone is 1. The first kappa shape index (κ1) is 24.9. The average molecular weight is 524 g/mol. The number of anilines is 2. The largest absolute Gasteiger partial charge is 0.487 e. The van der Waals surface area contributed by atoms with Crippen LogP contribution in [0.25, 0.3) is 0 Å². The van der Waals surface area contributed by atoms with Crippen molar-refractivity contribution in [3.05, 3.63) is 113 Å². The molecule has 4 aromatic rings. The molecule has 0 radical (unpaired) electrons. The van der Waals surface area contributed by atoms with Crippen molar-refractivity contribution in [3.8, 4) is 5.75 Å². The Hall–Kier alpha value is -4.46. The van der Waals surface area contributed by atoms with E-state index in [0.29, 0.717) is 24.4 Å². The van der Waals surface area contributed by atoms with Crippen LogP contribution in [0.1, 0.15) is 49.6 Å². The van der Waals surface area contributed by atoms with Gasteiger partial charge in [0.15, 0.2) is 5.78 Å². The highest BCUT2D eigenvalue weighted by Crippen LogP contribution is 2.46. The third-order valence-electron chi connectivity index (χ3n) is 7.17. The Kier molecular flexibility index (Phi) is 6.38. The second kappa shape index (κ2) is 10.0. The first-order valence-corrected chi connectivity index (χ1v) is 13.1. The predicted octanol–water partition coefficient (Wildman–Crippen LogP) is 6.27. The summed E-state index contributed by atoms with van der Waals surface area (Å²) in [5.41, 5.74) is 5.96. The van der Waals surface area contributed by atoms with Crippen molar-refractivity contribution in [1.29, 1.82) is 0 Å². The number of carbonyl (C=O) groups is 1. The van der Waals surface area contributed by atoms with Gasteiger partial charge >= 0.3 is 0 Å². The van der Waals surface area contributed by atoms with Gasteiger partial charge in [0.2, 0.25) is 0 Å². The molecule has 0 bridgehead atoms. The van der Waals surface area contributed by atoms with Gasteiger partial charge < -0.3 is 15.4 Å². The molecular formula is C31H30FN5O2. The second-order valence-electron chi connectivity index (χ2n) is 10.9. The maximum atomic E-state index is 13.6. The lowest BCUT2D eigenvalue weighted by molar-refractivity contribution is -0.118. The number of rotatable bonds is 6. The summed E-state index contributed by atoms with van der Waals surface area (Å²) in [5, 5.41) is 15.6. The van der Waals surface area contributed by atoms with E-state index >= 15 is 0 Å². The van der Waals surface area contributed by atoms with Crippen LogP contribution in [-0.2, 0) is 17.9 Å². The lowest BCUT2D eigenvalue weighted by Gasteiger charge is -2.34. The molecule has 7 nitrogen and oxygen atoms in total. The molecule has 8 heteroatoms. The van der Waals surface area contributed by atoms with Gasteiger partial charge in [-0.15, -0.1) is 5.10 Å². The second-order valence-corrected chi connectivity index (χ2v) is 10.9. The van der Waals surface area contributed by atoms with Crippen LogP contribution < -0.4 is 15.4 Å². The number of ether oxygens (including phenoxy) is 1. The predicted molar refractivity (Wildman–Crippen MR) is 148 cm³/mol. The van der Waals surface area contributed by atoms with Crippen LogP contribution in [0, 0.1) is 11.2 Å². The molecular weight excluding hydrogens is 493 g/mol. The minimum absolute atomic E-state index is 0.123. The summed E-state index contributed by atoms with van der Waals surface area (Å²) in [4.78, 5) is 13.6. The molecule has 1 aliphatic heterocycles. The van der Waals surface area contributed by atoms with Crippen LogP contribution in [0.2, 0.25) is 0 Å². The van der Waals surface area contributed by atoms with Crippen molar-refractivity contribution in [1.82, 2.24) is 15.0 Å². The Morgan fingerprint density at radius 2 is 1.74 bits per heavy atom. The summed E-state index contributed by atoms with van der Waals surface area (Å²) in [6.07, 6.45) is 3.09. The Bertz CT molecular complexity index is 1560. The van der Waals surface area contributed by atoms with Gasteiger partial charge in [0.1, 0.15) is 23.9 Å². The molecule has 0 saturated carbocycles. The van der Waals surface area contributed by atoms with Crippen molar-refractivity contribution in [2.75, 3.05) is 10.6 Å². The highest BCUT2D eigenvalue weighted by atomic mass is 19.1. The quantitative estimate of drug-likeness (QED) is 0.310. The van der Waals surface area contributed by atoms with E-state index in [9.17, 15) is 9.18 Å². The Balaban J connectivity index is 1.28. The molecule has 1 unspecified atom stereocenters. The fourth-order valence-electron chi connectivity index (χ4n) is 5.38. The van der Waals surface area contributed by atoms with Crippen LogP contribution in [0.3, 0.4) is 0 Å². The average Bonchev–Trinajstić information content (AvgIpc) is 3.28. The molecule has 0 amide bonds. The number of fused-ring (bicyclic) bond motifs is 1. The smallest absolute Gasteiger partial charge is 0.163 e. The van der Waals surface area contributed by atoms with E-state index in [0.717, 1.165) is 40.2 Å². The van der Waals surface area contributed by atoms with Crippen LogP contribution in [-0.4, -0.2) is 20.8 Å². The van der Waals surface area contributed by atoms with Gasteiger partial charge in [-0.05, 0) is 47.7 Å². The van der Waals surface area contributed by atoms with E-state index in [-0.39, 0.29) is 29.7 Å². The molecule has 39 heavy (non-hydrogen) atoms. The molecule has 1 aliphatic carbocycles. The standard InChI is InChI=1S/C31H30FN5O2/c1-31(2)15-26-29(27(38)16-31)30(34-25-9-5-4-8-24(25)33-26)23-7-3-6-10-28(23)39-19-22-18-37(36-35-22)17-20-11-13-21(32)14-12-20/h3-14,18,30,33-34H,15-17,19H2,1-2H3. The van der Waals surface area contributed by atoms with Gasteiger partial charge in [-0.25, -0.2) is 9.07 Å². The molecule has 3 aromatic carbocycles. The Morgan fingerprint density at radius 1 is 1.00 bits per heavy atom. The maximum Gasteiger partial charge on any atom is 0.163 e. The molecule has 2 aliphatic rings. The van der Waals surface area contributed by atoms with Crippen molar-refractivity contribution >= 4 is 17.2 Å². The van der Waals surface area contributed by atoms with Crippen molar-refractivity contribution in [2.45, 2.75) is 45.9 Å². The molecule has 2 heterocycles. The number of nitrogens with zero attached hydrogens (tertiary/aromatic N) is 3. The van der Waals surface area contributed by atoms with Crippen LogP contribution in [0.5, 0.6) is 5.75 Å². The van der Waals surface area contributed by atoms with E-state index in [1.165, 1.54) is 12.1 Å².